The van der Waals surface area contributed by atoms with Crippen molar-refractivity contribution in [2.24, 2.45) is 0 Å². The highest BCUT2D eigenvalue weighted by atomic mass is 32.2. The molecule has 0 fully saturated rings. The van der Waals surface area contributed by atoms with Crippen molar-refractivity contribution in [3.05, 3.63) is 23.4 Å². The van der Waals surface area contributed by atoms with Crippen LogP contribution in [0, 0.1) is 5.21 Å². The molecule has 0 bridgehead atoms. The minimum absolute atomic E-state index is 0.0202. The van der Waals surface area contributed by atoms with Gasteiger partial charge in [-0.05, 0) is 25.2 Å². The standard InChI is InChI=1S/C9H9N2O2S/c1-11(13)6-2-3-8-7(4-6)10-9(12)5-14-8/h2-4H,5H2,1H3,(H,10,12)/q-1. The molecule has 1 aliphatic heterocycles. The lowest BCUT2D eigenvalue weighted by Crippen LogP contribution is -2.19. The van der Waals surface area contributed by atoms with Crippen molar-refractivity contribution >= 4 is 29.0 Å². The average molecular weight is 209 g/mol. The van der Waals surface area contributed by atoms with Gasteiger partial charge in [-0.1, -0.05) is 0 Å². The number of fused-ring (bicyclic) bond motifs is 1. The van der Waals surface area contributed by atoms with Crippen LogP contribution in [0.2, 0.25) is 0 Å². The van der Waals surface area contributed by atoms with Gasteiger partial charge in [0.1, 0.15) is 0 Å². The summed E-state index contributed by atoms with van der Waals surface area (Å²) >= 11 is 1.48. The van der Waals surface area contributed by atoms with Crippen LogP contribution in [-0.2, 0) is 4.79 Å². The number of thioether (sulfide) groups is 1. The Morgan fingerprint density at radius 2 is 2.36 bits per heavy atom. The number of carbonyl (C=O) groups excluding carboxylic acids is 1. The zero-order valence-corrected chi connectivity index (χ0v) is 8.43. The molecule has 1 aromatic carbocycles. The Morgan fingerprint density at radius 1 is 1.57 bits per heavy atom. The number of carbonyl (C=O) groups is 1. The van der Waals surface area contributed by atoms with E-state index in [1.165, 1.54) is 18.8 Å². The maximum absolute atomic E-state index is 11.1. The third-order valence-electron chi connectivity index (χ3n) is 1.96. The predicted octanol–water partition coefficient (Wildman–Crippen LogP) is 1.66. The molecule has 0 unspecified atom stereocenters. The van der Waals surface area contributed by atoms with E-state index < -0.39 is 0 Å². The fourth-order valence-corrected chi connectivity index (χ4v) is 2.06. The summed E-state index contributed by atoms with van der Waals surface area (Å²) in [7, 11) is 1.43. The van der Waals surface area contributed by atoms with E-state index in [1.807, 2.05) is 6.07 Å². The van der Waals surface area contributed by atoms with Crippen LogP contribution in [0.4, 0.5) is 11.4 Å². The minimum Gasteiger partial charge on any atom is -0.758 e. The molecule has 1 aliphatic rings. The summed E-state index contributed by atoms with van der Waals surface area (Å²) in [5, 5.41) is 14.5. The number of anilines is 2. The van der Waals surface area contributed by atoms with Crippen LogP contribution in [0.5, 0.6) is 0 Å². The number of nitrogens with one attached hydrogen (secondary N) is 1. The molecule has 0 aromatic heterocycles. The van der Waals surface area contributed by atoms with E-state index in [0.717, 1.165) is 15.6 Å². The third-order valence-corrected chi connectivity index (χ3v) is 3.03. The fourth-order valence-electron chi connectivity index (χ4n) is 1.27. The van der Waals surface area contributed by atoms with Crippen LogP contribution in [0.15, 0.2) is 23.1 Å². The van der Waals surface area contributed by atoms with E-state index in [0.29, 0.717) is 11.4 Å². The van der Waals surface area contributed by atoms with E-state index in [-0.39, 0.29) is 5.91 Å². The second-order valence-corrected chi connectivity index (χ2v) is 4.03. The van der Waals surface area contributed by atoms with Gasteiger partial charge < -0.3 is 15.6 Å². The summed E-state index contributed by atoms with van der Waals surface area (Å²) in [6.45, 7) is 0. The molecule has 0 radical (unpaired) electrons. The molecule has 0 atom stereocenters. The molecule has 1 aromatic rings. The van der Waals surface area contributed by atoms with Crippen LogP contribution in [0.3, 0.4) is 0 Å². The van der Waals surface area contributed by atoms with Gasteiger partial charge in [0.25, 0.3) is 0 Å². The van der Waals surface area contributed by atoms with Crippen LogP contribution >= 0.6 is 11.8 Å². The highest BCUT2D eigenvalue weighted by Crippen LogP contribution is 2.33. The number of amides is 1. The summed E-state index contributed by atoms with van der Waals surface area (Å²) in [6, 6.07) is 5.28. The Hall–Kier alpha value is -1.20. The first-order chi connectivity index (χ1) is 6.66. The van der Waals surface area contributed by atoms with Crippen LogP contribution in [0.25, 0.3) is 0 Å². The Labute approximate surface area is 85.9 Å². The SMILES string of the molecule is CN([O-])c1ccc2c(c1)NC(=O)CS2. The molecule has 4 nitrogen and oxygen atoms in total. The van der Waals surface area contributed by atoms with Crippen molar-refractivity contribution in [3.8, 4) is 0 Å². The molecule has 74 valence electrons. The number of hydrogen-bond donors (Lipinski definition) is 1. The Kier molecular flexibility index (Phi) is 2.35. The Morgan fingerprint density at radius 3 is 3.07 bits per heavy atom. The van der Waals surface area contributed by atoms with Crippen LogP contribution in [-0.4, -0.2) is 18.7 Å². The van der Waals surface area contributed by atoms with Gasteiger partial charge >= 0.3 is 0 Å². The second kappa shape index (κ2) is 3.51. The lowest BCUT2D eigenvalue weighted by Gasteiger charge is -2.26. The molecule has 14 heavy (non-hydrogen) atoms. The van der Waals surface area contributed by atoms with Gasteiger partial charge in [0.2, 0.25) is 5.91 Å². The fraction of sp³-hybridized carbons (Fsp3) is 0.222. The van der Waals surface area contributed by atoms with Crippen molar-refractivity contribution < 1.29 is 4.79 Å². The normalized spacial score (nSPS) is 14.6. The molecular formula is C9H9N2O2S-. The van der Waals surface area contributed by atoms with E-state index in [2.05, 4.69) is 5.32 Å². The van der Waals surface area contributed by atoms with Gasteiger partial charge in [0, 0.05) is 10.6 Å². The molecule has 5 heteroatoms. The molecule has 0 aliphatic carbocycles. The first kappa shape index (κ1) is 9.36. The van der Waals surface area contributed by atoms with Crippen molar-refractivity contribution in [2.75, 3.05) is 23.2 Å². The number of benzene rings is 1. The highest BCUT2D eigenvalue weighted by molar-refractivity contribution is 8.00. The van der Waals surface area contributed by atoms with Crippen LogP contribution < -0.4 is 10.4 Å². The van der Waals surface area contributed by atoms with Crippen LogP contribution in [0.1, 0.15) is 0 Å². The van der Waals surface area contributed by atoms with Gasteiger partial charge in [-0.25, -0.2) is 0 Å². The largest absolute Gasteiger partial charge is 0.758 e. The first-order valence-electron chi connectivity index (χ1n) is 4.14. The summed E-state index contributed by atoms with van der Waals surface area (Å²) < 4.78 is 0. The number of nitrogens with zero attached hydrogens (tertiary/aromatic N) is 1. The summed E-state index contributed by atoms with van der Waals surface area (Å²) in [6.07, 6.45) is 0. The monoisotopic (exact) mass is 209 g/mol. The van der Waals surface area contributed by atoms with Crippen molar-refractivity contribution in [1.82, 2.24) is 0 Å². The Bertz CT molecular complexity index is 379. The molecule has 2 rings (SSSR count). The first-order valence-corrected chi connectivity index (χ1v) is 5.13. The van der Waals surface area contributed by atoms with Gasteiger partial charge in [0.15, 0.2) is 0 Å². The summed E-state index contributed by atoms with van der Waals surface area (Å²) in [5.41, 5.74) is 1.28. The zero-order chi connectivity index (χ0) is 10.1. The third kappa shape index (κ3) is 1.69. The maximum Gasteiger partial charge on any atom is 0.234 e. The highest BCUT2D eigenvalue weighted by Gasteiger charge is 2.14. The Balaban J connectivity index is 2.37. The lowest BCUT2D eigenvalue weighted by atomic mass is 10.2. The molecule has 0 saturated carbocycles. The topological polar surface area (TPSA) is 55.4 Å². The number of rotatable bonds is 1. The van der Waals surface area contributed by atoms with E-state index >= 15 is 0 Å². The van der Waals surface area contributed by atoms with Crippen molar-refractivity contribution in [3.63, 3.8) is 0 Å². The zero-order valence-electron chi connectivity index (χ0n) is 7.61. The lowest BCUT2D eigenvalue weighted by molar-refractivity contribution is -0.113. The quantitative estimate of drug-likeness (QED) is 0.715. The van der Waals surface area contributed by atoms with E-state index in [4.69, 9.17) is 0 Å². The number of hydroxylamine groups is 1. The van der Waals surface area contributed by atoms with Gasteiger partial charge in [-0.2, -0.15) is 0 Å². The minimum atomic E-state index is -0.0202. The molecule has 0 spiro atoms. The van der Waals surface area contributed by atoms with Gasteiger partial charge in [-0.3, -0.25) is 4.79 Å². The van der Waals surface area contributed by atoms with E-state index in [9.17, 15) is 10.0 Å². The van der Waals surface area contributed by atoms with Gasteiger partial charge in [-0.15, -0.1) is 11.8 Å². The molecular weight excluding hydrogens is 200 g/mol. The van der Waals surface area contributed by atoms with Gasteiger partial charge in [0.05, 0.1) is 11.4 Å². The van der Waals surface area contributed by atoms with Crippen molar-refractivity contribution in [2.45, 2.75) is 4.90 Å². The second-order valence-electron chi connectivity index (χ2n) is 3.01. The molecule has 1 heterocycles. The molecule has 1 amide bonds. The maximum atomic E-state index is 11.1. The predicted molar refractivity (Wildman–Crippen MR) is 57.6 cm³/mol. The van der Waals surface area contributed by atoms with E-state index in [1.54, 1.807) is 12.1 Å². The average Bonchev–Trinajstić information content (AvgIpc) is 2.16. The summed E-state index contributed by atoms with van der Waals surface area (Å²) in [5.74, 6) is 0.424. The molecule has 0 saturated heterocycles. The molecule has 1 N–H and O–H groups in total. The smallest absolute Gasteiger partial charge is 0.234 e. The number of hydrogen-bond acceptors (Lipinski definition) is 4. The van der Waals surface area contributed by atoms with Crippen molar-refractivity contribution in [1.29, 1.82) is 0 Å². The summed E-state index contributed by atoms with van der Waals surface area (Å²) in [4.78, 5) is 12.1.